The molecule has 0 aliphatic carbocycles. The molecule has 1 aromatic heterocycles. The molecule has 0 bridgehead atoms. The first kappa shape index (κ1) is 12.7. The fourth-order valence-corrected chi connectivity index (χ4v) is 1.52. The molecule has 6 heteroatoms. The van der Waals surface area contributed by atoms with E-state index < -0.39 is 6.03 Å². The molecule has 0 radical (unpaired) electrons. The van der Waals surface area contributed by atoms with Crippen molar-refractivity contribution in [3.63, 3.8) is 0 Å². The monoisotopic (exact) mass is 259 g/mol. The van der Waals surface area contributed by atoms with Crippen molar-refractivity contribution in [1.82, 2.24) is 10.3 Å². The molecule has 0 aliphatic heterocycles. The molecule has 0 saturated heterocycles. The van der Waals surface area contributed by atoms with Gasteiger partial charge in [0, 0.05) is 30.1 Å². The van der Waals surface area contributed by atoms with Gasteiger partial charge in [-0.25, -0.2) is 4.79 Å². The standard InChI is InChI=1S/C13H13N3O3/c17-11-5-10(6-12(18)7-11)16-13(19)15-8-9-3-1-2-4-14-9/h1-7,17-18H,8H2,(H2,15,16,19). The van der Waals surface area contributed by atoms with Crippen LogP contribution in [0, 0.1) is 0 Å². The van der Waals surface area contributed by atoms with Crippen molar-refractivity contribution in [2.75, 3.05) is 5.32 Å². The van der Waals surface area contributed by atoms with Gasteiger partial charge in [-0.2, -0.15) is 0 Å². The third-order valence-corrected chi connectivity index (χ3v) is 2.32. The van der Waals surface area contributed by atoms with Crippen LogP contribution >= 0.6 is 0 Å². The first-order valence-electron chi connectivity index (χ1n) is 5.61. The lowest BCUT2D eigenvalue weighted by molar-refractivity contribution is 0.251. The number of phenolic OH excluding ortho intramolecular Hbond substituents is 2. The second-order valence-corrected chi connectivity index (χ2v) is 3.87. The summed E-state index contributed by atoms with van der Waals surface area (Å²) >= 11 is 0. The van der Waals surface area contributed by atoms with Crippen LogP contribution in [0.1, 0.15) is 5.69 Å². The van der Waals surface area contributed by atoms with Crippen LogP contribution in [0.5, 0.6) is 11.5 Å². The minimum Gasteiger partial charge on any atom is -0.508 e. The van der Waals surface area contributed by atoms with Crippen molar-refractivity contribution in [3.8, 4) is 11.5 Å². The largest absolute Gasteiger partial charge is 0.508 e. The number of carbonyl (C=O) groups excluding carboxylic acids is 1. The number of aromatic nitrogens is 1. The van der Waals surface area contributed by atoms with Crippen LogP contribution in [0.2, 0.25) is 0 Å². The molecule has 2 amide bonds. The minimum atomic E-state index is -0.448. The van der Waals surface area contributed by atoms with Crippen molar-refractivity contribution in [3.05, 3.63) is 48.3 Å². The van der Waals surface area contributed by atoms with Gasteiger partial charge in [-0.15, -0.1) is 0 Å². The highest BCUT2D eigenvalue weighted by Crippen LogP contribution is 2.23. The Hall–Kier alpha value is -2.76. The lowest BCUT2D eigenvalue weighted by atomic mass is 10.3. The zero-order valence-electron chi connectivity index (χ0n) is 10.00. The van der Waals surface area contributed by atoms with E-state index in [0.717, 1.165) is 5.69 Å². The van der Waals surface area contributed by atoms with Gasteiger partial charge >= 0.3 is 6.03 Å². The van der Waals surface area contributed by atoms with Gasteiger partial charge in [0.15, 0.2) is 0 Å². The van der Waals surface area contributed by atoms with Crippen molar-refractivity contribution in [1.29, 1.82) is 0 Å². The van der Waals surface area contributed by atoms with Gasteiger partial charge in [0.25, 0.3) is 0 Å². The van der Waals surface area contributed by atoms with E-state index in [1.54, 1.807) is 18.3 Å². The molecule has 0 fully saturated rings. The van der Waals surface area contributed by atoms with Crippen molar-refractivity contribution in [2.24, 2.45) is 0 Å². The smallest absolute Gasteiger partial charge is 0.319 e. The molecule has 2 aromatic rings. The molecule has 6 nitrogen and oxygen atoms in total. The molecule has 1 aromatic carbocycles. The van der Waals surface area contributed by atoms with E-state index in [4.69, 9.17) is 0 Å². The maximum atomic E-state index is 11.6. The molecule has 4 N–H and O–H groups in total. The highest BCUT2D eigenvalue weighted by Gasteiger charge is 2.04. The third kappa shape index (κ3) is 3.88. The number of hydrogen-bond donors (Lipinski definition) is 4. The highest BCUT2D eigenvalue weighted by molar-refractivity contribution is 5.89. The average molecular weight is 259 g/mol. The number of benzene rings is 1. The van der Waals surface area contributed by atoms with E-state index >= 15 is 0 Å². The lowest BCUT2D eigenvalue weighted by Gasteiger charge is -2.08. The van der Waals surface area contributed by atoms with E-state index in [1.807, 2.05) is 6.07 Å². The highest BCUT2D eigenvalue weighted by atomic mass is 16.3. The fourth-order valence-electron chi connectivity index (χ4n) is 1.52. The van der Waals surface area contributed by atoms with Crippen LogP contribution in [-0.2, 0) is 6.54 Å². The van der Waals surface area contributed by atoms with E-state index in [9.17, 15) is 15.0 Å². The predicted molar refractivity (Wildman–Crippen MR) is 69.9 cm³/mol. The molecule has 0 aliphatic rings. The number of rotatable bonds is 3. The summed E-state index contributed by atoms with van der Waals surface area (Å²) in [4.78, 5) is 15.7. The third-order valence-electron chi connectivity index (χ3n) is 2.32. The summed E-state index contributed by atoms with van der Waals surface area (Å²) in [5.74, 6) is -0.250. The Labute approximate surface area is 109 Å². The average Bonchev–Trinajstić information content (AvgIpc) is 2.36. The molecule has 0 spiro atoms. The van der Waals surface area contributed by atoms with Gasteiger partial charge in [0.1, 0.15) is 11.5 Å². The Kier molecular flexibility index (Phi) is 3.82. The van der Waals surface area contributed by atoms with Crippen molar-refractivity contribution >= 4 is 11.7 Å². The molecular formula is C13H13N3O3. The number of anilines is 1. The molecule has 0 unspecified atom stereocenters. The Morgan fingerprint density at radius 3 is 2.53 bits per heavy atom. The number of pyridine rings is 1. The van der Waals surface area contributed by atoms with Crippen molar-refractivity contribution < 1.29 is 15.0 Å². The Balaban J connectivity index is 1.91. The van der Waals surface area contributed by atoms with Crippen LogP contribution in [0.15, 0.2) is 42.6 Å². The molecule has 98 valence electrons. The molecule has 0 atom stereocenters. The number of amides is 2. The summed E-state index contributed by atoms with van der Waals surface area (Å²) in [5, 5.41) is 23.7. The first-order chi connectivity index (χ1) is 9.13. The zero-order valence-corrected chi connectivity index (χ0v) is 10.00. The van der Waals surface area contributed by atoms with E-state index in [-0.39, 0.29) is 18.0 Å². The van der Waals surface area contributed by atoms with Crippen LogP contribution in [0.25, 0.3) is 0 Å². The fraction of sp³-hybridized carbons (Fsp3) is 0.0769. The summed E-state index contributed by atoms with van der Waals surface area (Å²) < 4.78 is 0. The number of urea groups is 1. The van der Waals surface area contributed by atoms with Crippen molar-refractivity contribution in [2.45, 2.75) is 6.54 Å². The number of phenols is 2. The minimum absolute atomic E-state index is 0.125. The van der Waals surface area contributed by atoms with Gasteiger partial charge in [-0.05, 0) is 12.1 Å². The number of nitrogens with zero attached hydrogens (tertiary/aromatic N) is 1. The number of hydrogen-bond acceptors (Lipinski definition) is 4. The maximum absolute atomic E-state index is 11.6. The summed E-state index contributed by atoms with van der Waals surface area (Å²) in [6.07, 6.45) is 1.64. The second-order valence-electron chi connectivity index (χ2n) is 3.87. The van der Waals surface area contributed by atoms with Gasteiger partial charge in [-0.3, -0.25) is 4.98 Å². The van der Waals surface area contributed by atoms with Gasteiger partial charge < -0.3 is 20.8 Å². The van der Waals surface area contributed by atoms with Crippen LogP contribution in [0.3, 0.4) is 0 Å². The second kappa shape index (κ2) is 5.72. The van der Waals surface area contributed by atoms with Crippen LogP contribution in [0.4, 0.5) is 10.5 Å². The van der Waals surface area contributed by atoms with Gasteiger partial charge in [0.2, 0.25) is 0 Å². The number of nitrogens with one attached hydrogen (secondary N) is 2. The molecular weight excluding hydrogens is 246 g/mol. The molecule has 2 rings (SSSR count). The summed E-state index contributed by atoms with van der Waals surface area (Å²) in [7, 11) is 0. The van der Waals surface area contributed by atoms with Crippen LogP contribution in [-0.4, -0.2) is 21.2 Å². The predicted octanol–water partition coefficient (Wildman–Crippen LogP) is 1.81. The lowest BCUT2D eigenvalue weighted by Crippen LogP contribution is -2.28. The normalized spacial score (nSPS) is 9.89. The van der Waals surface area contributed by atoms with Crippen LogP contribution < -0.4 is 10.6 Å². The topological polar surface area (TPSA) is 94.5 Å². The summed E-state index contributed by atoms with van der Waals surface area (Å²) in [5.41, 5.74) is 1.03. The molecule has 19 heavy (non-hydrogen) atoms. The Morgan fingerprint density at radius 2 is 1.89 bits per heavy atom. The molecule has 1 heterocycles. The van der Waals surface area contributed by atoms with E-state index in [0.29, 0.717) is 5.69 Å². The Bertz CT molecular complexity index is 552. The zero-order chi connectivity index (χ0) is 13.7. The number of aromatic hydroxyl groups is 2. The van der Waals surface area contributed by atoms with Gasteiger partial charge in [-0.1, -0.05) is 6.07 Å². The molecule has 0 saturated carbocycles. The summed E-state index contributed by atoms with van der Waals surface area (Å²) in [6.45, 7) is 0.289. The van der Waals surface area contributed by atoms with Gasteiger partial charge in [0.05, 0.1) is 12.2 Å². The maximum Gasteiger partial charge on any atom is 0.319 e. The quantitative estimate of drug-likeness (QED) is 0.676. The SMILES string of the molecule is O=C(NCc1ccccn1)Nc1cc(O)cc(O)c1. The first-order valence-corrected chi connectivity index (χ1v) is 5.61. The van der Waals surface area contributed by atoms with E-state index in [2.05, 4.69) is 15.6 Å². The Morgan fingerprint density at radius 1 is 1.16 bits per heavy atom. The summed E-state index contributed by atoms with van der Waals surface area (Å²) in [6, 6.07) is 8.81. The number of carbonyl (C=O) groups is 1. The van der Waals surface area contributed by atoms with E-state index in [1.165, 1.54) is 18.2 Å².